The van der Waals surface area contributed by atoms with Crippen molar-refractivity contribution in [2.45, 2.75) is 45.1 Å². The van der Waals surface area contributed by atoms with Crippen molar-refractivity contribution < 1.29 is 13.9 Å². The van der Waals surface area contributed by atoms with E-state index < -0.39 is 17.2 Å². The van der Waals surface area contributed by atoms with Gasteiger partial charge in [-0.15, -0.1) is 0 Å². The molecule has 0 aliphatic rings. The van der Waals surface area contributed by atoms with E-state index in [-0.39, 0.29) is 5.56 Å². The van der Waals surface area contributed by atoms with Crippen LogP contribution in [-0.4, -0.2) is 5.11 Å². The lowest BCUT2D eigenvalue weighted by molar-refractivity contribution is 0.0101. The Kier molecular flexibility index (Phi) is 4.42. The van der Waals surface area contributed by atoms with Crippen LogP contribution in [0, 0.1) is 11.6 Å². The van der Waals surface area contributed by atoms with Gasteiger partial charge in [-0.3, -0.25) is 0 Å². The first-order valence-electron chi connectivity index (χ1n) is 5.72. The van der Waals surface area contributed by atoms with E-state index in [1.54, 1.807) is 0 Å². The number of aliphatic hydroxyl groups is 1. The minimum Gasteiger partial charge on any atom is -0.385 e. The molecule has 1 aromatic carbocycles. The van der Waals surface area contributed by atoms with E-state index in [2.05, 4.69) is 0 Å². The minimum atomic E-state index is -1.38. The molecular weight excluding hydrogens is 210 g/mol. The zero-order chi connectivity index (χ0) is 12.2. The molecule has 0 fully saturated rings. The molecule has 3 heteroatoms. The second-order valence-electron chi connectivity index (χ2n) is 4.13. The first kappa shape index (κ1) is 13.1. The summed E-state index contributed by atoms with van der Waals surface area (Å²) < 4.78 is 27.2. The third kappa shape index (κ3) is 2.59. The summed E-state index contributed by atoms with van der Waals surface area (Å²) in [4.78, 5) is 0. The van der Waals surface area contributed by atoms with Gasteiger partial charge in [0.25, 0.3) is 0 Å². The second kappa shape index (κ2) is 5.39. The normalized spacial score (nSPS) is 11.8. The maximum absolute atomic E-state index is 13.6. The SMILES string of the molecule is CCCC(O)(CCC)c1c(F)cccc1F. The van der Waals surface area contributed by atoms with Crippen LogP contribution in [-0.2, 0) is 5.60 Å². The molecule has 0 saturated carbocycles. The Labute approximate surface area is 95.1 Å². The minimum absolute atomic E-state index is 0.182. The fourth-order valence-electron chi connectivity index (χ4n) is 2.14. The lowest BCUT2D eigenvalue weighted by Gasteiger charge is -2.28. The smallest absolute Gasteiger partial charge is 0.132 e. The van der Waals surface area contributed by atoms with E-state index in [1.807, 2.05) is 13.8 Å². The van der Waals surface area contributed by atoms with E-state index in [9.17, 15) is 13.9 Å². The molecule has 0 aliphatic heterocycles. The lowest BCUT2D eigenvalue weighted by atomic mass is 9.84. The molecule has 0 atom stereocenters. The molecule has 1 nitrogen and oxygen atoms in total. The number of hydrogen-bond acceptors (Lipinski definition) is 1. The van der Waals surface area contributed by atoms with Crippen molar-refractivity contribution in [1.82, 2.24) is 0 Å². The zero-order valence-electron chi connectivity index (χ0n) is 9.76. The number of halogens is 2. The third-order valence-electron chi connectivity index (χ3n) is 2.76. The van der Waals surface area contributed by atoms with E-state index in [0.29, 0.717) is 25.7 Å². The molecule has 1 aromatic rings. The van der Waals surface area contributed by atoms with Gasteiger partial charge >= 0.3 is 0 Å². The molecule has 0 aliphatic carbocycles. The fourth-order valence-corrected chi connectivity index (χ4v) is 2.14. The van der Waals surface area contributed by atoms with Crippen molar-refractivity contribution in [3.8, 4) is 0 Å². The second-order valence-corrected chi connectivity index (χ2v) is 4.13. The fraction of sp³-hybridized carbons (Fsp3) is 0.538. The molecule has 0 bridgehead atoms. The van der Waals surface area contributed by atoms with Gasteiger partial charge in [0.15, 0.2) is 0 Å². The van der Waals surface area contributed by atoms with Crippen molar-refractivity contribution in [2.24, 2.45) is 0 Å². The maximum Gasteiger partial charge on any atom is 0.132 e. The third-order valence-corrected chi connectivity index (χ3v) is 2.76. The average Bonchev–Trinajstić information content (AvgIpc) is 2.17. The predicted octanol–water partition coefficient (Wildman–Crippen LogP) is 3.75. The van der Waals surface area contributed by atoms with Crippen LogP contribution >= 0.6 is 0 Å². The Bertz CT molecular complexity index is 324. The lowest BCUT2D eigenvalue weighted by Crippen LogP contribution is -2.28. The summed E-state index contributed by atoms with van der Waals surface area (Å²) in [6.07, 6.45) is 2.12. The monoisotopic (exact) mass is 228 g/mol. The van der Waals surface area contributed by atoms with Gasteiger partial charge in [-0.25, -0.2) is 8.78 Å². The Morgan fingerprint density at radius 3 is 1.88 bits per heavy atom. The van der Waals surface area contributed by atoms with Crippen LogP contribution < -0.4 is 0 Å². The molecule has 1 N–H and O–H groups in total. The van der Waals surface area contributed by atoms with Crippen LogP contribution in [0.1, 0.15) is 45.1 Å². The molecule has 0 aromatic heterocycles. The van der Waals surface area contributed by atoms with Gasteiger partial charge in [-0.1, -0.05) is 32.8 Å². The molecule has 0 radical (unpaired) electrons. The predicted molar refractivity (Wildman–Crippen MR) is 60.1 cm³/mol. The summed E-state index contributed by atoms with van der Waals surface area (Å²) in [6, 6.07) is 3.69. The highest BCUT2D eigenvalue weighted by Crippen LogP contribution is 2.34. The Hall–Kier alpha value is -0.960. The zero-order valence-corrected chi connectivity index (χ0v) is 9.76. The Balaban J connectivity index is 3.19. The standard InChI is InChI=1S/C13H18F2O/c1-3-8-13(16,9-4-2)12-10(14)6-5-7-11(12)15/h5-7,16H,3-4,8-9H2,1-2H3. The Morgan fingerprint density at radius 2 is 1.50 bits per heavy atom. The number of rotatable bonds is 5. The molecule has 0 heterocycles. The van der Waals surface area contributed by atoms with Crippen LogP contribution in [0.2, 0.25) is 0 Å². The van der Waals surface area contributed by atoms with Crippen LogP contribution in [0.25, 0.3) is 0 Å². The molecule has 1 rings (SSSR count). The van der Waals surface area contributed by atoms with Crippen molar-refractivity contribution in [3.63, 3.8) is 0 Å². The number of hydrogen-bond donors (Lipinski definition) is 1. The summed E-state index contributed by atoms with van der Waals surface area (Å²) in [5.74, 6) is -1.33. The van der Waals surface area contributed by atoms with E-state index in [0.717, 1.165) is 0 Å². The molecular formula is C13H18F2O. The van der Waals surface area contributed by atoms with E-state index in [4.69, 9.17) is 0 Å². The number of benzene rings is 1. The summed E-state index contributed by atoms with van der Waals surface area (Å²) >= 11 is 0. The topological polar surface area (TPSA) is 20.2 Å². The van der Waals surface area contributed by atoms with Crippen molar-refractivity contribution >= 4 is 0 Å². The highest BCUT2D eigenvalue weighted by atomic mass is 19.1. The summed E-state index contributed by atoms with van der Waals surface area (Å²) in [5, 5.41) is 10.4. The molecule has 16 heavy (non-hydrogen) atoms. The largest absolute Gasteiger partial charge is 0.385 e. The van der Waals surface area contributed by atoms with E-state index in [1.165, 1.54) is 18.2 Å². The average molecular weight is 228 g/mol. The highest BCUT2D eigenvalue weighted by molar-refractivity contribution is 5.26. The maximum atomic E-state index is 13.6. The van der Waals surface area contributed by atoms with E-state index >= 15 is 0 Å². The van der Waals surface area contributed by atoms with Crippen LogP contribution in [0.3, 0.4) is 0 Å². The van der Waals surface area contributed by atoms with Gasteiger partial charge in [0.2, 0.25) is 0 Å². The van der Waals surface area contributed by atoms with Gasteiger partial charge in [0.1, 0.15) is 11.6 Å². The molecule has 0 amide bonds. The van der Waals surface area contributed by atoms with Gasteiger partial charge in [0, 0.05) is 0 Å². The van der Waals surface area contributed by atoms with Gasteiger partial charge in [-0.2, -0.15) is 0 Å². The van der Waals surface area contributed by atoms with Crippen LogP contribution in [0.15, 0.2) is 18.2 Å². The molecule has 0 saturated heterocycles. The van der Waals surface area contributed by atoms with Crippen molar-refractivity contribution in [1.29, 1.82) is 0 Å². The summed E-state index contributed by atoms with van der Waals surface area (Å²) in [6.45, 7) is 3.78. The molecule has 0 unspecified atom stereocenters. The van der Waals surface area contributed by atoms with Crippen LogP contribution in [0.5, 0.6) is 0 Å². The molecule has 90 valence electrons. The first-order valence-corrected chi connectivity index (χ1v) is 5.72. The first-order chi connectivity index (χ1) is 7.55. The van der Waals surface area contributed by atoms with Gasteiger partial charge in [-0.05, 0) is 25.0 Å². The van der Waals surface area contributed by atoms with Gasteiger partial charge < -0.3 is 5.11 Å². The highest BCUT2D eigenvalue weighted by Gasteiger charge is 2.33. The van der Waals surface area contributed by atoms with Crippen LogP contribution in [0.4, 0.5) is 8.78 Å². The molecule has 0 spiro atoms. The van der Waals surface area contributed by atoms with Gasteiger partial charge in [0.05, 0.1) is 11.2 Å². The Morgan fingerprint density at radius 1 is 1.06 bits per heavy atom. The summed E-state index contributed by atoms with van der Waals surface area (Å²) in [7, 11) is 0. The van der Waals surface area contributed by atoms with Crippen molar-refractivity contribution in [2.75, 3.05) is 0 Å². The quantitative estimate of drug-likeness (QED) is 0.813. The summed E-state index contributed by atoms with van der Waals surface area (Å²) in [5.41, 5.74) is -1.56. The van der Waals surface area contributed by atoms with Crippen molar-refractivity contribution in [3.05, 3.63) is 35.4 Å².